The van der Waals surface area contributed by atoms with Crippen LogP contribution >= 0.6 is 11.6 Å². The number of nitrogens with zero attached hydrogens (tertiary/aromatic N) is 6. The topological polar surface area (TPSA) is 127 Å². The Bertz CT molecular complexity index is 1280. The van der Waals surface area contributed by atoms with Gasteiger partial charge in [0.1, 0.15) is 10.9 Å². The zero-order chi connectivity index (χ0) is 25.2. The fraction of sp³-hybridized carbons (Fsp3) is 0.238. The lowest BCUT2D eigenvalue weighted by Crippen LogP contribution is -2.34. The van der Waals surface area contributed by atoms with Crippen molar-refractivity contribution in [3.05, 3.63) is 54.0 Å². The number of hydrogen-bond donors (Lipinski definition) is 2. The van der Waals surface area contributed by atoms with Crippen LogP contribution in [0.3, 0.4) is 0 Å². The molecule has 4 heterocycles. The second kappa shape index (κ2) is 9.62. The van der Waals surface area contributed by atoms with E-state index >= 15 is 0 Å². The number of likely N-dealkylation sites (tertiary alicyclic amines) is 1. The molecule has 3 amide bonds. The Kier molecular flexibility index (Phi) is 6.60. The molecule has 0 atom stereocenters. The first kappa shape index (κ1) is 24.0. The first-order valence-corrected chi connectivity index (χ1v) is 10.6. The van der Waals surface area contributed by atoms with E-state index in [0.717, 1.165) is 4.90 Å². The van der Waals surface area contributed by atoms with Crippen LogP contribution in [-0.2, 0) is 11.8 Å². The third-order valence-corrected chi connectivity index (χ3v) is 5.34. The van der Waals surface area contributed by atoms with Crippen molar-refractivity contribution in [1.29, 1.82) is 0 Å². The van der Waals surface area contributed by atoms with E-state index in [1.807, 2.05) is 0 Å². The summed E-state index contributed by atoms with van der Waals surface area (Å²) in [6.07, 6.45) is 1.59. The van der Waals surface area contributed by atoms with E-state index in [2.05, 4.69) is 37.5 Å². The Morgan fingerprint density at radius 1 is 1.23 bits per heavy atom. The zero-order valence-corrected chi connectivity index (χ0v) is 19.1. The second-order valence-corrected chi connectivity index (χ2v) is 7.94. The molecule has 35 heavy (non-hydrogen) atoms. The maximum Gasteiger partial charge on any atom is 0.418 e. The van der Waals surface area contributed by atoms with Gasteiger partial charge in [-0.3, -0.25) is 10.3 Å². The van der Waals surface area contributed by atoms with Crippen molar-refractivity contribution in [2.24, 2.45) is 7.05 Å². The van der Waals surface area contributed by atoms with Gasteiger partial charge in [-0.2, -0.15) is 0 Å². The van der Waals surface area contributed by atoms with Gasteiger partial charge in [-0.25, -0.2) is 28.0 Å². The van der Waals surface area contributed by atoms with Crippen LogP contribution in [0, 0.1) is 0 Å². The highest BCUT2D eigenvalue weighted by atomic mass is 35.5. The number of anilines is 2. The summed E-state index contributed by atoms with van der Waals surface area (Å²) in [6.45, 7) is 3.03. The molecule has 1 aliphatic rings. The monoisotopic (exact) mass is 504 g/mol. The largest absolute Gasteiger partial charge is 0.418 e. The number of aromatic nitrogens is 5. The maximum absolute atomic E-state index is 13.3. The molecule has 4 rings (SSSR count). The molecule has 0 unspecified atom stereocenters. The predicted molar refractivity (Wildman–Crippen MR) is 123 cm³/mol. The van der Waals surface area contributed by atoms with Crippen molar-refractivity contribution >= 4 is 41.0 Å². The van der Waals surface area contributed by atoms with Gasteiger partial charge in [0, 0.05) is 26.2 Å². The molecule has 11 nitrogen and oxygen atoms in total. The number of amides is 3. The van der Waals surface area contributed by atoms with E-state index in [1.165, 1.54) is 29.2 Å². The molecule has 3 aromatic rings. The molecule has 0 saturated carbocycles. The molecule has 0 radical (unpaired) electrons. The molecule has 0 aliphatic carbocycles. The van der Waals surface area contributed by atoms with Crippen LogP contribution in [0.2, 0.25) is 5.15 Å². The van der Waals surface area contributed by atoms with Gasteiger partial charge in [0.05, 0.1) is 29.7 Å². The summed E-state index contributed by atoms with van der Waals surface area (Å²) >= 11 is 5.99. The lowest BCUT2D eigenvalue weighted by molar-refractivity contribution is 0.0159. The van der Waals surface area contributed by atoms with Crippen LogP contribution in [0.1, 0.15) is 12.0 Å². The molecule has 3 aromatic heterocycles. The van der Waals surface area contributed by atoms with Crippen LogP contribution in [0.15, 0.2) is 43.2 Å². The minimum atomic E-state index is -2.88. The first-order chi connectivity index (χ1) is 16.6. The summed E-state index contributed by atoms with van der Waals surface area (Å²) in [5.74, 6) is -2.71. The minimum absolute atomic E-state index is 0.00809. The number of halogens is 3. The van der Waals surface area contributed by atoms with Crippen molar-refractivity contribution in [2.75, 3.05) is 23.7 Å². The average molecular weight is 505 g/mol. The van der Waals surface area contributed by atoms with E-state index in [0.29, 0.717) is 16.9 Å². The molecule has 0 spiro atoms. The number of nitrogens with one attached hydrogen (secondary N) is 2. The average Bonchev–Trinajstić information content (AvgIpc) is 3.36. The molecular formula is C21H19ClF2N8O3. The second-order valence-electron chi connectivity index (χ2n) is 7.58. The lowest BCUT2D eigenvalue weighted by atomic mass is 10.2. The number of hydrogen-bond acceptors (Lipinski definition) is 7. The quantitative estimate of drug-likeness (QED) is 0.397. The maximum atomic E-state index is 13.3. The third kappa shape index (κ3) is 5.51. The summed E-state index contributed by atoms with van der Waals surface area (Å²) in [5, 5.41) is 13.1. The van der Waals surface area contributed by atoms with E-state index in [4.69, 9.17) is 16.3 Å². The summed E-state index contributed by atoms with van der Waals surface area (Å²) in [4.78, 5) is 33.8. The summed E-state index contributed by atoms with van der Waals surface area (Å²) < 4.78 is 33.2. The SMILES string of the molecule is C=C(OC(=O)Nc1c(-c2ccc(NC(=O)N3CCC(F)(F)C3)cn2)nnn1C)c1cccnc1Cl. The van der Waals surface area contributed by atoms with Crippen LogP contribution < -0.4 is 10.6 Å². The molecular weight excluding hydrogens is 486 g/mol. The van der Waals surface area contributed by atoms with Gasteiger partial charge in [0.2, 0.25) is 0 Å². The molecule has 0 bridgehead atoms. The highest BCUT2D eigenvalue weighted by molar-refractivity contribution is 6.31. The number of carbonyl (C=O) groups excluding carboxylic acids is 2. The van der Waals surface area contributed by atoms with Crippen LogP contribution in [0.4, 0.5) is 29.9 Å². The fourth-order valence-corrected chi connectivity index (χ4v) is 3.50. The number of rotatable bonds is 5. The molecule has 0 aromatic carbocycles. The van der Waals surface area contributed by atoms with Gasteiger partial charge in [-0.15, -0.1) is 5.10 Å². The van der Waals surface area contributed by atoms with Gasteiger partial charge < -0.3 is 15.0 Å². The minimum Gasteiger partial charge on any atom is -0.410 e. The Balaban J connectivity index is 1.42. The van der Waals surface area contributed by atoms with Crippen molar-refractivity contribution in [3.8, 4) is 11.4 Å². The standard InChI is InChI=1S/C21H19ClF2N8O3/c1-12(14-4-3-8-25-17(14)22)35-20(34)28-18-16(29-30-31(18)2)15-6-5-13(10-26-15)27-19(33)32-9-7-21(23,24)11-32/h3-6,8,10H,1,7,9,11H2,2H3,(H,27,33)(H,28,34). The Hall–Kier alpha value is -4.13. The van der Waals surface area contributed by atoms with Crippen molar-refractivity contribution in [2.45, 2.75) is 12.3 Å². The number of aryl methyl sites for hydroxylation is 1. The lowest BCUT2D eigenvalue weighted by Gasteiger charge is -2.16. The third-order valence-electron chi connectivity index (χ3n) is 5.04. The van der Waals surface area contributed by atoms with E-state index < -0.39 is 24.6 Å². The Morgan fingerprint density at radius 3 is 2.69 bits per heavy atom. The highest BCUT2D eigenvalue weighted by Gasteiger charge is 2.40. The summed E-state index contributed by atoms with van der Waals surface area (Å²) in [5.41, 5.74) is 1.21. The number of ether oxygens (including phenoxy) is 1. The van der Waals surface area contributed by atoms with Crippen molar-refractivity contribution in [3.63, 3.8) is 0 Å². The van der Waals surface area contributed by atoms with Crippen molar-refractivity contribution in [1.82, 2.24) is 29.9 Å². The van der Waals surface area contributed by atoms with E-state index in [1.54, 1.807) is 19.2 Å². The van der Waals surface area contributed by atoms with Gasteiger partial charge in [-0.05, 0) is 24.3 Å². The normalized spacial score (nSPS) is 14.5. The fourth-order valence-electron chi connectivity index (χ4n) is 3.27. The highest BCUT2D eigenvalue weighted by Crippen LogP contribution is 2.28. The molecule has 14 heteroatoms. The Morgan fingerprint density at radius 2 is 2.03 bits per heavy atom. The van der Waals surface area contributed by atoms with E-state index in [9.17, 15) is 18.4 Å². The molecule has 182 valence electrons. The zero-order valence-electron chi connectivity index (χ0n) is 18.3. The number of alkyl halides is 2. The van der Waals surface area contributed by atoms with Crippen LogP contribution in [0.5, 0.6) is 0 Å². The molecule has 1 fully saturated rings. The van der Waals surface area contributed by atoms with Gasteiger partial charge in [0.15, 0.2) is 11.5 Å². The molecule has 1 aliphatic heterocycles. The molecule has 1 saturated heterocycles. The number of carbonyl (C=O) groups is 2. The first-order valence-electron chi connectivity index (χ1n) is 10.2. The Labute approximate surface area is 202 Å². The van der Waals surface area contributed by atoms with E-state index in [-0.39, 0.29) is 35.4 Å². The smallest absolute Gasteiger partial charge is 0.410 e. The number of pyridine rings is 2. The summed E-state index contributed by atoms with van der Waals surface area (Å²) in [7, 11) is 1.55. The summed E-state index contributed by atoms with van der Waals surface area (Å²) in [6, 6.07) is 5.63. The van der Waals surface area contributed by atoms with Gasteiger partial charge in [-0.1, -0.05) is 23.4 Å². The van der Waals surface area contributed by atoms with Crippen LogP contribution in [-0.4, -0.2) is 61.0 Å². The van der Waals surface area contributed by atoms with Gasteiger partial charge in [0.25, 0.3) is 5.92 Å². The van der Waals surface area contributed by atoms with Crippen LogP contribution in [0.25, 0.3) is 17.1 Å². The number of urea groups is 1. The van der Waals surface area contributed by atoms with Gasteiger partial charge >= 0.3 is 12.1 Å². The predicted octanol–water partition coefficient (Wildman–Crippen LogP) is 4.02. The molecule has 2 N–H and O–H groups in total. The van der Waals surface area contributed by atoms with Crippen molar-refractivity contribution < 1.29 is 23.1 Å².